The molecule has 1 amide bonds. The van der Waals surface area contributed by atoms with Gasteiger partial charge in [0.1, 0.15) is 22.8 Å². The van der Waals surface area contributed by atoms with Gasteiger partial charge in [0, 0.05) is 31.9 Å². The molecule has 28 heavy (non-hydrogen) atoms. The molecule has 1 fully saturated rings. The highest BCUT2D eigenvalue weighted by Gasteiger charge is 2.24. The van der Waals surface area contributed by atoms with Gasteiger partial charge in [-0.05, 0) is 43.3 Å². The minimum Gasteiger partial charge on any atom is -0.353 e. The minimum atomic E-state index is -0.334. The van der Waals surface area contributed by atoms with Crippen LogP contribution in [0.15, 0.2) is 30.6 Å². The number of nitrogens with one attached hydrogen (secondary N) is 1. The largest absolute Gasteiger partial charge is 0.353 e. The topological polar surface area (TPSA) is 61.4 Å². The molecule has 3 aromatic rings. The second-order valence-electron chi connectivity index (χ2n) is 6.82. The zero-order chi connectivity index (χ0) is 19.7. The standard InChI is InChI=1S/C20H22FN5OS/c1-3-25-8-10-26(11-9-25)18-16-13(2)17(28-20(16)23-12-22-18)19(27)24-15-6-4-14(21)5-7-15/h4-7,12H,3,8-11H2,1-2H3,(H,24,27). The summed E-state index contributed by atoms with van der Waals surface area (Å²) in [6, 6.07) is 5.75. The van der Waals surface area contributed by atoms with E-state index in [1.165, 1.54) is 23.5 Å². The van der Waals surface area contributed by atoms with Crippen molar-refractivity contribution in [1.82, 2.24) is 14.9 Å². The summed E-state index contributed by atoms with van der Waals surface area (Å²) in [5, 5.41) is 3.78. The number of thiophene rings is 1. The monoisotopic (exact) mass is 399 g/mol. The summed E-state index contributed by atoms with van der Waals surface area (Å²) in [7, 11) is 0. The molecular formula is C20H22FN5OS. The fourth-order valence-electron chi connectivity index (χ4n) is 3.51. The van der Waals surface area contributed by atoms with Crippen LogP contribution in [0.25, 0.3) is 10.2 Å². The third-order valence-corrected chi connectivity index (χ3v) is 6.33. The number of fused-ring (bicyclic) bond motifs is 1. The van der Waals surface area contributed by atoms with Crippen LogP contribution in [0.2, 0.25) is 0 Å². The van der Waals surface area contributed by atoms with Gasteiger partial charge in [-0.2, -0.15) is 0 Å². The number of rotatable bonds is 4. The van der Waals surface area contributed by atoms with Gasteiger partial charge in [0.25, 0.3) is 5.91 Å². The Kier molecular flexibility index (Phi) is 5.23. The van der Waals surface area contributed by atoms with Gasteiger partial charge in [-0.25, -0.2) is 14.4 Å². The normalized spacial score (nSPS) is 15.2. The Bertz CT molecular complexity index is 996. The van der Waals surface area contributed by atoms with Crippen molar-refractivity contribution in [3.05, 3.63) is 46.9 Å². The molecule has 0 aliphatic carbocycles. The zero-order valence-corrected chi connectivity index (χ0v) is 16.7. The summed E-state index contributed by atoms with van der Waals surface area (Å²) >= 11 is 1.36. The molecule has 1 N–H and O–H groups in total. The van der Waals surface area contributed by atoms with Gasteiger partial charge in [0.05, 0.1) is 10.3 Å². The first-order valence-electron chi connectivity index (χ1n) is 9.35. The Balaban J connectivity index is 1.63. The van der Waals surface area contributed by atoms with Gasteiger partial charge in [0.15, 0.2) is 0 Å². The number of hydrogen-bond donors (Lipinski definition) is 1. The molecule has 0 spiro atoms. The van der Waals surface area contributed by atoms with E-state index in [1.807, 2.05) is 6.92 Å². The van der Waals surface area contributed by atoms with Gasteiger partial charge in [-0.3, -0.25) is 4.79 Å². The summed E-state index contributed by atoms with van der Waals surface area (Å²) in [6.07, 6.45) is 1.57. The SMILES string of the molecule is CCN1CCN(c2ncnc3sc(C(=O)Nc4ccc(F)cc4)c(C)c23)CC1. The molecule has 0 bridgehead atoms. The van der Waals surface area contributed by atoms with Crippen molar-refractivity contribution < 1.29 is 9.18 Å². The lowest BCUT2D eigenvalue weighted by Gasteiger charge is -2.35. The maximum absolute atomic E-state index is 13.1. The van der Waals surface area contributed by atoms with Crippen LogP contribution < -0.4 is 10.2 Å². The molecule has 8 heteroatoms. The average Bonchev–Trinajstić information content (AvgIpc) is 3.07. The van der Waals surface area contributed by atoms with Crippen LogP contribution in [0.4, 0.5) is 15.9 Å². The fraction of sp³-hybridized carbons (Fsp3) is 0.350. The highest BCUT2D eigenvalue weighted by Crippen LogP contribution is 2.35. The summed E-state index contributed by atoms with van der Waals surface area (Å²) in [5.74, 6) is 0.350. The third kappa shape index (κ3) is 3.57. The van der Waals surface area contributed by atoms with Crippen LogP contribution in [-0.2, 0) is 0 Å². The van der Waals surface area contributed by atoms with Gasteiger partial charge in [-0.1, -0.05) is 6.92 Å². The molecule has 6 nitrogen and oxygen atoms in total. The number of piperazine rings is 1. The van der Waals surface area contributed by atoms with Crippen molar-refractivity contribution in [1.29, 1.82) is 0 Å². The van der Waals surface area contributed by atoms with Gasteiger partial charge < -0.3 is 15.1 Å². The Morgan fingerprint density at radius 2 is 1.89 bits per heavy atom. The zero-order valence-electron chi connectivity index (χ0n) is 15.9. The molecule has 146 valence electrons. The maximum atomic E-state index is 13.1. The summed E-state index contributed by atoms with van der Waals surface area (Å²) < 4.78 is 13.1. The van der Waals surface area contributed by atoms with Crippen molar-refractivity contribution in [2.24, 2.45) is 0 Å². The van der Waals surface area contributed by atoms with Crippen molar-refractivity contribution in [3.63, 3.8) is 0 Å². The number of halogens is 1. The lowest BCUT2D eigenvalue weighted by atomic mass is 10.1. The first kappa shape index (κ1) is 18.8. The molecule has 0 radical (unpaired) electrons. The van der Waals surface area contributed by atoms with Crippen molar-refractivity contribution in [2.75, 3.05) is 42.9 Å². The molecule has 4 rings (SSSR count). The van der Waals surface area contributed by atoms with E-state index >= 15 is 0 Å². The van der Waals surface area contributed by atoms with Crippen molar-refractivity contribution in [3.8, 4) is 0 Å². The molecule has 1 aromatic carbocycles. The van der Waals surface area contributed by atoms with Crippen LogP contribution in [0.1, 0.15) is 22.2 Å². The van der Waals surface area contributed by atoms with E-state index < -0.39 is 0 Å². The molecular weight excluding hydrogens is 377 g/mol. The summed E-state index contributed by atoms with van der Waals surface area (Å²) in [4.78, 5) is 27.8. The van der Waals surface area contributed by atoms with Crippen LogP contribution in [-0.4, -0.2) is 53.5 Å². The predicted molar refractivity (Wildman–Crippen MR) is 111 cm³/mol. The molecule has 2 aromatic heterocycles. The highest BCUT2D eigenvalue weighted by atomic mass is 32.1. The highest BCUT2D eigenvalue weighted by molar-refractivity contribution is 7.20. The Morgan fingerprint density at radius 1 is 1.18 bits per heavy atom. The molecule has 1 saturated heterocycles. The van der Waals surface area contributed by atoms with Crippen LogP contribution in [0.5, 0.6) is 0 Å². The second-order valence-corrected chi connectivity index (χ2v) is 7.82. The number of benzene rings is 1. The number of anilines is 2. The summed E-state index contributed by atoms with van der Waals surface area (Å²) in [6.45, 7) is 8.99. The maximum Gasteiger partial charge on any atom is 0.266 e. The van der Waals surface area contributed by atoms with Crippen molar-refractivity contribution >= 4 is 39.0 Å². The molecule has 3 heterocycles. The van der Waals surface area contributed by atoms with Gasteiger partial charge >= 0.3 is 0 Å². The second kappa shape index (κ2) is 7.81. The number of amides is 1. The smallest absolute Gasteiger partial charge is 0.266 e. The first-order valence-corrected chi connectivity index (χ1v) is 10.2. The number of aryl methyl sites for hydroxylation is 1. The lowest BCUT2D eigenvalue weighted by Crippen LogP contribution is -2.46. The van der Waals surface area contributed by atoms with E-state index in [-0.39, 0.29) is 11.7 Å². The Hall–Kier alpha value is -2.58. The summed E-state index contributed by atoms with van der Waals surface area (Å²) in [5.41, 5.74) is 1.44. The average molecular weight is 399 g/mol. The van der Waals surface area contributed by atoms with E-state index in [9.17, 15) is 9.18 Å². The van der Waals surface area contributed by atoms with Crippen LogP contribution >= 0.6 is 11.3 Å². The third-order valence-electron chi connectivity index (χ3n) is 5.13. The fourth-order valence-corrected chi connectivity index (χ4v) is 4.54. The molecule has 0 atom stereocenters. The minimum absolute atomic E-state index is 0.214. The van der Waals surface area contributed by atoms with Crippen LogP contribution in [0.3, 0.4) is 0 Å². The van der Waals surface area contributed by atoms with E-state index in [0.29, 0.717) is 10.6 Å². The van der Waals surface area contributed by atoms with E-state index in [2.05, 4.69) is 32.0 Å². The first-order chi connectivity index (χ1) is 13.6. The van der Waals surface area contributed by atoms with Crippen LogP contribution in [0, 0.1) is 12.7 Å². The lowest BCUT2D eigenvalue weighted by molar-refractivity contribution is 0.103. The number of nitrogens with zero attached hydrogens (tertiary/aromatic N) is 4. The van der Waals surface area contributed by atoms with E-state index in [1.54, 1.807) is 18.5 Å². The molecule has 0 unspecified atom stereocenters. The van der Waals surface area contributed by atoms with Gasteiger partial charge in [0.2, 0.25) is 0 Å². The van der Waals surface area contributed by atoms with E-state index in [0.717, 1.165) is 54.3 Å². The number of carbonyl (C=O) groups is 1. The molecule has 0 saturated carbocycles. The quantitative estimate of drug-likeness (QED) is 0.727. The Labute approximate surface area is 167 Å². The van der Waals surface area contributed by atoms with Gasteiger partial charge in [-0.15, -0.1) is 11.3 Å². The predicted octanol–water partition coefficient (Wildman–Crippen LogP) is 3.53. The molecule has 1 aliphatic heterocycles. The number of hydrogen-bond acceptors (Lipinski definition) is 6. The number of likely N-dealkylation sites (N-methyl/N-ethyl adjacent to an activating group) is 1. The number of carbonyl (C=O) groups excluding carboxylic acids is 1. The van der Waals surface area contributed by atoms with E-state index in [4.69, 9.17) is 0 Å². The Morgan fingerprint density at radius 3 is 2.57 bits per heavy atom. The van der Waals surface area contributed by atoms with Crippen molar-refractivity contribution in [2.45, 2.75) is 13.8 Å². The molecule has 1 aliphatic rings. The number of aromatic nitrogens is 2.